The Morgan fingerprint density at radius 3 is 2.59 bits per heavy atom. The summed E-state index contributed by atoms with van der Waals surface area (Å²) in [6.45, 7) is 3.22. The van der Waals surface area contributed by atoms with Crippen molar-refractivity contribution in [2.45, 2.75) is 12.8 Å². The first-order valence-corrected chi connectivity index (χ1v) is 9.73. The van der Waals surface area contributed by atoms with Crippen LogP contribution in [-0.4, -0.2) is 66.0 Å². The van der Waals surface area contributed by atoms with Crippen LogP contribution < -0.4 is 27.0 Å². The molecule has 1 amide bonds. The van der Waals surface area contributed by atoms with Gasteiger partial charge in [0.25, 0.3) is 0 Å². The highest BCUT2D eigenvalue weighted by Gasteiger charge is 2.15. The molecule has 3 heterocycles. The lowest BCUT2D eigenvalue weighted by Gasteiger charge is -2.24. The molecule has 0 aromatic carbocycles. The maximum absolute atomic E-state index is 12.2. The van der Waals surface area contributed by atoms with Crippen LogP contribution in [0.4, 0.5) is 28.8 Å². The summed E-state index contributed by atoms with van der Waals surface area (Å²) in [6, 6.07) is 1.87. The smallest absolute Gasteiger partial charge is 0.238 e. The average molecular weight is 400 g/mol. The van der Waals surface area contributed by atoms with Crippen LogP contribution in [0.2, 0.25) is 0 Å². The largest absolute Gasteiger partial charge is 0.383 e. The number of nitrogens with zero attached hydrogens (tertiary/aromatic N) is 4. The van der Waals surface area contributed by atoms with Crippen molar-refractivity contribution in [3.63, 3.8) is 0 Å². The van der Waals surface area contributed by atoms with Crippen molar-refractivity contribution in [3.8, 4) is 0 Å². The number of likely N-dealkylation sites (N-methyl/N-ethyl adjacent to an activating group) is 1. The third kappa shape index (κ3) is 6.54. The topological polar surface area (TPSA) is 133 Å². The van der Waals surface area contributed by atoms with E-state index in [0.29, 0.717) is 35.6 Å². The van der Waals surface area contributed by atoms with Gasteiger partial charge in [0.15, 0.2) is 0 Å². The zero-order chi connectivity index (χ0) is 20.6. The Bertz CT molecular complexity index is 804. The molecule has 0 radical (unpaired) electrons. The minimum atomic E-state index is -0.0909. The molecular formula is C19H29N9O. The summed E-state index contributed by atoms with van der Waals surface area (Å²) < 4.78 is 0. The molecule has 0 aliphatic carbocycles. The molecule has 0 spiro atoms. The Morgan fingerprint density at radius 2 is 1.90 bits per heavy atom. The summed E-state index contributed by atoms with van der Waals surface area (Å²) in [4.78, 5) is 26.6. The van der Waals surface area contributed by atoms with Crippen molar-refractivity contribution in [1.29, 1.82) is 0 Å². The van der Waals surface area contributed by atoms with Gasteiger partial charge in [0.2, 0.25) is 5.91 Å². The van der Waals surface area contributed by atoms with E-state index in [2.05, 4.69) is 36.2 Å². The molecule has 1 fully saturated rings. The third-order valence-electron chi connectivity index (χ3n) is 4.61. The van der Waals surface area contributed by atoms with Gasteiger partial charge in [0.1, 0.15) is 17.5 Å². The van der Waals surface area contributed by atoms with E-state index < -0.39 is 0 Å². The number of carbonyl (C=O) groups excluding carboxylic acids is 1. The fraction of sp³-hybridized carbons (Fsp3) is 0.474. The standard InChI is InChI=1S/C19H29N9O/c1-28(2)12-19(29)26-15-9-24-17(27-18-11-23-16(20)10-25-18)7-14(15)22-8-13-3-5-21-6-4-13/h7,9-11,13,21H,3-6,8,12H2,1-2H3,(H2,20,23)(H,26,29)(H2,22,24,25,27). The van der Waals surface area contributed by atoms with E-state index in [9.17, 15) is 4.79 Å². The zero-order valence-electron chi connectivity index (χ0n) is 16.9. The van der Waals surface area contributed by atoms with Gasteiger partial charge in [-0.2, -0.15) is 0 Å². The normalized spacial score (nSPS) is 14.6. The van der Waals surface area contributed by atoms with Crippen LogP contribution in [0.5, 0.6) is 0 Å². The van der Waals surface area contributed by atoms with Crippen molar-refractivity contribution in [2.75, 3.05) is 62.0 Å². The maximum Gasteiger partial charge on any atom is 0.238 e. The van der Waals surface area contributed by atoms with E-state index >= 15 is 0 Å². The molecular weight excluding hydrogens is 370 g/mol. The monoisotopic (exact) mass is 399 g/mol. The van der Waals surface area contributed by atoms with Gasteiger partial charge in [-0.25, -0.2) is 15.0 Å². The SMILES string of the molecule is CN(C)CC(=O)Nc1cnc(Nc2cnc(N)cn2)cc1NCC1CCNCC1. The Hall–Kier alpha value is -2.98. The van der Waals surface area contributed by atoms with Crippen LogP contribution in [0.1, 0.15) is 12.8 Å². The fourth-order valence-corrected chi connectivity index (χ4v) is 3.12. The molecule has 10 nitrogen and oxygen atoms in total. The lowest BCUT2D eigenvalue weighted by Crippen LogP contribution is -2.31. The van der Waals surface area contributed by atoms with Crippen LogP contribution in [0, 0.1) is 5.92 Å². The van der Waals surface area contributed by atoms with Gasteiger partial charge in [0, 0.05) is 12.6 Å². The number of pyridine rings is 1. The van der Waals surface area contributed by atoms with Crippen LogP contribution in [0.25, 0.3) is 0 Å². The lowest BCUT2D eigenvalue weighted by molar-refractivity contribution is -0.116. The highest BCUT2D eigenvalue weighted by Crippen LogP contribution is 2.26. The van der Waals surface area contributed by atoms with Crippen molar-refractivity contribution in [2.24, 2.45) is 5.92 Å². The van der Waals surface area contributed by atoms with Crippen molar-refractivity contribution in [3.05, 3.63) is 24.7 Å². The lowest BCUT2D eigenvalue weighted by atomic mass is 9.98. The number of hydrogen-bond acceptors (Lipinski definition) is 9. The molecule has 1 aliphatic rings. The van der Waals surface area contributed by atoms with Gasteiger partial charge in [-0.15, -0.1) is 0 Å². The Balaban J connectivity index is 1.74. The molecule has 2 aromatic rings. The first kappa shape index (κ1) is 20.7. The predicted molar refractivity (Wildman–Crippen MR) is 115 cm³/mol. The Kier molecular flexibility index (Phi) is 7.14. The van der Waals surface area contributed by atoms with E-state index in [4.69, 9.17) is 5.73 Å². The number of nitrogen functional groups attached to an aromatic ring is 1. The molecule has 10 heteroatoms. The highest BCUT2D eigenvalue weighted by atomic mass is 16.2. The number of piperidine rings is 1. The summed E-state index contributed by atoms with van der Waals surface area (Å²) in [7, 11) is 3.71. The van der Waals surface area contributed by atoms with Gasteiger partial charge >= 0.3 is 0 Å². The summed E-state index contributed by atoms with van der Waals surface area (Å²) >= 11 is 0. The van der Waals surface area contributed by atoms with Gasteiger partial charge < -0.3 is 31.9 Å². The molecule has 156 valence electrons. The third-order valence-corrected chi connectivity index (χ3v) is 4.61. The molecule has 0 atom stereocenters. The first-order chi connectivity index (χ1) is 14.0. The molecule has 0 saturated carbocycles. The van der Waals surface area contributed by atoms with E-state index in [1.54, 1.807) is 12.4 Å². The van der Waals surface area contributed by atoms with Gasteiger partial charge in [-0.05, 0) is 45.9 Å². The quantitative estimate of drug-likeness (QED) is 0.442. The Morgan fingerprint density at radius 1 is 1.14 bits per heavy atom. The summed E-state index contributed by atoms with van der Waals surface area (Å²) in [5, 5.41) is 12.9. The fourth-order valence-electron chi connectivity index (χ4n) is 3.12. The molecule has 0 bridgehead atoms. The highest BCUT2D eigenvalue weighted by molar-refractivity contribution is 5.95. The van der Waals surface area contributed by atoms with Crippen LogP contribution in [-0.2, 0) is 4.79 Å². The van der Waals surface area contributed by atoms with Gasteiger partial charge in [-0.3, -0.25) is 4.79 Å². The van der Waals surface area contributed by atoms with Crippen molar-refractivity contribution >= 4 is 34.7 Å². The van der Waals surface area contributed by atoms with Crippen molar-refractivity contribution < 1.29 is 4.79 Å². The summed E-state index contributed by atoms with van der Waals surface area (Å²) in [5.74, 6) is 2.00. The number of nitrogens with two attached hydrogens (primary N) is 1. The molecule has 1 aliphatic heterocycles. The minimum absolute atomic E-state index is 0.0909. The molecule has 0 unspecified atom stereocenters. The zero-order valence-corrected chi connectivity index (χ0v) is 16.9. The molecule has 2 aromatic heterocycles. The van der Waals surface area contributed by atoms with E-state index in [0.717, 1.165) is 38.2 Å². The van der Waals surface area contributed by atoms with E-state index in [1.807, 2.05) is 25.1 Å². The first-order valence-electron chi connectivity index (χ1n) is 9.73. The number of hydrogen-bond donors (Lipinski definition) is 5. The number of carbonyl (C=O) groups is 1. The van der Waals surface area contributed by atoms with Crippen LogP contribution >= 0.6 is 0 Å². The van der Waals surface area contributed by atoms with Crippen molar-refractivity contribution in [1.82, 2.24) is 25.2 Å². The summed E-state index contributed by atoms with van der Waals surface area (Å²) in [5.41, 5.74) is 7.05. The van der Waals surface area contributed by atoms with E-state index in [1.165, 1.54) is 6.20 Å². The number of amides is 1. The second-order valence-electron chi connectivity index (χ2n) is 7.43. The molecule has 6 N–H and O–H groups in total. The molecule has 29 heavy (non-hydrogen) atoms. The number of aromatic nitrogens is 3. The second-order valence-corrected chi connectivity index (χ2v) is 7.43. The predicted octanol–water partition coefficient (Wildman–Crippen LogP) is 1.11. The maximum atomic E-state index is 12.2. The summed E-state index contributed by atoms with van der Waals surface area (Å²) in [6.07, 6.45) is 6.94. The van der Waals surface area contributed by atoms with Crippen LogP contribution in [0.3, 0.4) is 0 Å². The Labute approximate surface area is 170 Å². The van der Waals surface area contributed by atoms with Crippen LogP contribution in [0.15, 0.2) is 24.7 Å². The van der Waals surface area contributed by atoms with E-state index in [-0.39, 0.29) is 5.91 Å². The van der Waals surface area contributed by atoms with Gasteiger partial charge in [-0.1, -0.05) is 0 Å². The number of rotatable bonds is 8. The number of nitrogens with one attached hydrogen (secondary N) is 4. The molecule has 1 saturated heterocycles. The minimum Gasteiger partial charge on any atom is -0.383 e. The average Bonchev–Trinajstić information content (AvgIpc) is 2.70. The molecule has 3 rings (SSSR count). The second kappa shape index (κ2) is 9.99. The van der Waals surface area contributed by atoms with Gasteiger partial charge in [0.05, 0.1) is 36.5 Å². The number of anilines is 5.